The normalized spacial score (nSPS) is 29.4. The van der Waals surface area contributed by atoms with E-state index in [1.807, 2.05) is 36.4 Å². The van der Waals surface area contributed by atoms with E-state index in [0.29, 0.717) is 16.5 Å². The van der Waals surface area contributed by atoms with Crippen LogP contribution in [0.4, 0.5) is 5.69 Å². The number of hydrogen-bond acceptors (Lipinski definition) is 5. The van der Waals surface area contributed by atoms with E-state index < -0.39 is 29.6 Å². The molecule has 0 aromatic heterocycles. The van der Waals surface area contributed by atoms with Crippen molar-refractivity contribution >= 4 is 35.0 Å². The molecule has 1 aliphatic carbocycles. The second-order valence-electron chi connectivity index (χ2n) is 10.8. The van der Waals surface area contributed by atoms with Crippen LogP contribution < -0.4 is 15.4 Å². The van der Waals surface area contributed by atoms with Gasteiger partial charge < -0.3 is 25.0 Å². The van der Waals surface area contributed by atoms with Gasteiger partial charge in [-0.2, -0.15) is 0 Å². The molecule has 0 radical (unpaired) electrons. The van der Waals surface area contributed by atoms with Crippen molar-refractivity contribution in [3.63, 3.8) is 0 Å². The molecule has 3 unspecified atom stereocenters. The lowest BCUT2D eigenvalue weighted by molar-refractivity contribution is -0.142. The highest BCUT2D eigenvalue weighted by atomic mass is 35.5. The average Bonchev–Trinajstić information content (AvgIpc) is 3.58. The van der Waals surface area contributed by atoms with Gasteiger partial charge in [0.1, 0.15) is 17.4 Å². The van der Waals surface area contributed by atoms with Crippen molar-refractivity contribution in [3.8, 4) is 5.75 Å². The van der Waals surface area contributed by atoms with Crippen molar-refractivity contribution in [2.24, 2.45) is 11.8 Å². The smallest absolute Gasteiger partial charge is 0.246 e. The first-order chi connectivity index (χ1) is 18.9. The number of anilines is 1. The van der Waals surface area contributed by atoms with Crippen LogP contribution in [0, 0.1) is 11.8 Å². The van der Waals surface area contributed by atoms with Gasteiger partial charge in [0.25, 0.3) is 0 Å². The van der Waals surface area contributed by atoms with Crippen LogP contribution in [0.5, 0.6) is 5.75 Å². The molecule has 204 valence electrons. The van der Waals surface area contributed by atoms with Crippen molar-refractivity contribution in [1.82, 2.24) is 10.2 Å². The molecule has 9 heteroatoms. The Balaban J connectivity index is 1.34. The fraction of sp³-hybridized carbons (Fsp3) is 0.433. The summed E-state index contributed by atoms with van der Waals surface area (Å²) in [6, 6.07) is 13.4. The van der Waals surface area contributed by atoms with E-state index >= 15 is 0 Å². The molecule has 3 aliphatic heterocycles. The molecule has 2 N–H and O–H groups in total. The van der Waals surface area contributed by atoms with Crippen LogP contribution in [0.2, 0.25) is 5.02 Å². The van der Waals surface area contributed by atoms with Crippen molar-refractivity contribution in [3.05, 3.63) is 71.3 Å². The molecular weight excluding hydrogens is 518 g/mol. The highest BCUT2D eigenvalue weighted by Gasteiger charge is 2.72. The largest absolute Gasteiger partial charge is 0.496 e. The molecule has 5 atom stereocenters. The molecule has 6 rings (SSSR count). The summed E-state index contributed by atoms with van der Waals surface area (Å²) in [6.07, 6.45) is 8.20. The fourth-order valence-electron chi connectivity index (χ4n) is 6.74. The summed E-state index contributed by atoms with van der Waals surface area (Å²) in [5.74, 6) is -1.80. The minimum absolute atomic E-state index is 0.0662. The van der Waals surface area contributed by atoms with Crippen LogP contribution in [-0.4, -0.2) is 53.5 Å². The maximum absolute atomic E-state index is 14.2. The number of carbonyl (C=O) groups excluding carboxylic acids is 3. The summed E-state index contributed by atoms with van der Waals surface area (Å²) < 4.78 is 12.0. The number of para-hydroxylation sites is 1. The Morgan fingerprint density at radius 1 is 1.08 bits per heavy atom. The van der Waals surface area contributed by atoms with Crippen LogP contribution in [0.15, 0.2) is 60.7 Å². The first kappa shape index (κ1) is 25.9. The Morgan fingerprint density at radius 2 is 1.82 bits per heavy atom. The van der Waals surface area contributed by atoms with Crippen molar-refractivity contribution in [2.75, 3.05) is 12.4 Å². The molecule has 2 bridgehead atoms. The molecule has 8 nitrogen and oxygen atoms in total. The molecule has 2 saturated heterocycles. The number of rotatable bonds is 7. The summed E-state index contributed by atoms with van der Waals surface area (Å²) in [5.41, 5.74) is 0.138. The molecule has 3 amide bonds. The van der Waals surface area contributed by atoms with Gasteiger partial charge in [-0.25, -0.2) is 0 Å². The highest BCUT2D eigenvalue weighted by Crippen LogP contribution is 2.55. The summed E-state index contributed by atoms with van der Waals surface area (Å²) in [5, 5.41) is 6.69. The van der Waals surface area contributed by atoms with E-state index in [1.54, 1.807) is 36.3 Å². The van der Waals surface area contributed by atoms with Crippen molar-refractivity contribution in [1.29, 1.82) is 0 Å². The van der Waals surface area contributed by atoms with Gasteiger partial charge >= 0.3 is 0 Å². The monoisotopic (exact) mass is 549 g/mol. The summed E-state index contributed by atoms with van der Waals surface area (Å²) in [6.45, 7) is 0.164. The third-order valence-corrected chi connectivity index (χ3v) is 8.77. The maximum atomic E-state index is 14.2. The average molecular weight is 550 g/mol. The number of likely N-dealkylation sites (tertiary alicyclic amines) is 1. The summed E-state index contributed by atoms with van der Waals surface area (Å²) in [4.78, 5) is 43.3. The predicted octanol–water partition coefficient (Wildman–Crippen LogP) is 4.09. The molecule has 1 spiro atoms. The number of amides is 3. The number of halogens is 1. The van der Waals surface area contributed by atoms with Gasteiger partial charge in [0.15, 0.2) is 0 Å². The number of carbonyl (C=O) groups is 3. The highest BCUT2D eigenvalue weighted by molar-refractivity contribution is 6.30. The summed E-state index contributed by atoms with van der Waals surface area (Å²) in [7, 11) is 1.58. The van der Waals surface area contributed by atoms with Crippen LogP contribution >= 0.6 is 11.6 Å². The quantitative estimate of drug-likeness (QED) is 0.507. The SMILES string of the molecule is COc1ccccc1CN1C(=O)[C@@H]2C(C(=O)Nc3ccc(Cl)cc3)[C@@H]3C=CC2(O3)C1C(=O)NC1CCCCC1. The van der Waals surface area contributed by atoms with Crippen LogP contribution in [0.25, 0.3) is 0 Å². The first-order valence-electron chi connectivity index (χ1n) is 13.6. The third kappa shape index (κ3) is 4.49. The topological polar surface area (TPSA) is 97.0 Å². The van der Waals surface area contributed by atoms with E-state index in [1.165, 1.54) is 0 Å². The predicted molar refractivity (Wildman–Crippen MR) is 146 cm³/mol. The number of nitrogens with zero attached hydrogens (tertiary/aromatic N) is 1. The lowest BCUT2D eigenvalue weighted by Crippen LogP contribution is -2.56. The summed E-state index contributed by atoms with van der Waals surface area (Å²) >= 11 is 6.00. The number of methoxy groups -OCH3 is 1. The molecule has 2 aromatic carbocycles. The van der Waals surface area contributed by atoms with E-state index in [2.05, 4.69) is 10.6 Å². The van der Waals surface area contributed by atoms with Gasteiger partial charge in [-0.3, -0.25) is 14.4 Å². The lowest BCUT2D eigenvalue weighted by Gasteiger charge is -2.34. The Hall–Kier alpha value is -3.36. The van der Waals surface area contributed by atoms with Crippen molar-refractivity contribution < 1.29 is 23.9 Å². The standard InChI is InChI=1S/C30H32ClN3O5/c1-38-22-10-6-5-7-18(22)17-34-26(28(36)33-20-8-3-2-4-9-20)30-16-15-23(39-30)24(25(30)29(34)37)27(35)32-21-13-11-19(31)12-14-21/h5-7,10-16,20,23-26H,2-4,8-9,17H2,1H3,(H,32,35)(H,33,36)/t23-,24?,25-,26?,30?/m0/s1. The van der Waals surface area contributed by atoms with Gasteiger partial charge in [-0.1, -0.05) is 61.2 Å². The molecule has 2 aromatic rings. The van der Waals surface area contributed by atoms with Crippen LogP contribution in [0.1, 0.15) is 37.7 Å². The molecule has 3 heterocycles. The second-order valence-corrected chi connectivity index (χ2v) is 11.3. The number of ether oxygens (including phenoxy) is 2. The van der Waals surface area contributed by atoms with Gasteiger partial charge in [0.2, 0.25) is 17.7 Å². The van der Waals surface area contributed by atoms with E-state index in [0.717, 1.165) is 37.7 Å². The van der Waals surface area contributed by atoms with E-state index in [4.69, 9.17) is 21.1 Å². The molecular formula is C30H32ClN3O5. The first-order valence-corrected chi connectivity index (χ1v) is 14.0. The van der Waals surface area contributed by atoms with E-state index in [9.17, 15) is 14.4 Å². The van der Waals surface area contributed by atoms with Gasteiger partial charge in [0, 0.05) is 22.3 Å². The Morgan fingerprint density at radius 3 is 2.56 bits per heavy atom. The van der Waals surface area contributed by atoms with Crippen molar-refractivity contribution in [2.45, 2.75) is 62.4 Å². The Bertz CT molecular complexity index is 1310. The minimum atomic E-state index is -1.22. The van der Waals surface area contributed by atoms with E-state index in [-0.39, 0.29) is 30.3 Å². The zero-order valence-corrected chi connectivity index (χ0v) is 22.5. The second kappa shape index (κ2) is 10.3. The molecule has 4 aliphatic rings. The third-order valence-electron chi connectivity index (χ3n) is 8.52. The molecule has 3 fully saturated rings. The Kier molecular flexibility index (Phi) is 6.85. The number of fused-ring (bicyclic) bond motifs is 1. The fourth-order valence-corrected chi connectivity index (χ4v) is 6.87. The number of nitrogens with one attached hydrogen (secondary N) is 2. The zero-order valence-electron chi connectivity index (χ0n) is 21.8. The van der Waals surface area contributed by atoms with Gasteiger partial charge in [0.05, 0.1) is 31.6 Å². The molecule has 39 heavy (non-hydrogen) atoms. The van der Waals surface area contributed by atoms with Gasteiger partial charge in [-0.15, -0.1) is 0 Å². The maximum Gasteiger partial charge on any atom is 0.246 e. The van der Waals surface area contributed by atoms with Crippen LogP contribution in [-0.2, 0) is 25.7 Å². The molecule has 1 saturated carbocycles. The minimum Gasteiger partial charge on any atom is -0.496 e. The zero-order chi connectivity index (χ0) is 27.1. The Labute approximate surface area is 232 Å². The van der Waals surface area contributed by atoms with Crippen LogP contribution in [0.3, 0.4) is 0 Å². The number of hydrogen-bond donors (Lipinski definition) is 2. The lowest BCUT2D eigenvalue weighted by atomic mass is 9.74. The van der Waals surface area contributed by atoms with Gasteiger partial charge in [-0.05, 0) is 43.2 Å². The number of benzene rings is 2.